The zero-order chi connectivity index (χ0) is 13.2. The van der Waals surface area contributed by atoms with E-state index in [1.165, 1.54) is 12.1 Å². The quantitative estimate of drug-likeness (QED) is 0.835. The molecule has 0 saturated carbocycles. The van der Waals surface area contributed by atoms with Crippen molar-refractivity contribution >= 4 is 10.9 Å². The van der Waals surface area contributed by atoms with Crippen molar-refractivity contribution in [2.45, 2.75) is 25.6 Å². The van der Waals surface area contributed by atoms with Gasteiger partial charge < -0.3 is 10.3 Å². The van der Waals surface area contributed by atoms with Crippen molar-refractivity contribution in [1.82, 2.24) is 4.57 Å². The number of hydrogen-bond donors (Lipinski definition) is 1. The Labute approximate surface area is 103 Å². The Bertz CT molecular complexity index is 529. The van der Waals surface area contributed by atoms with Gasteiger partial charge >= 0.3 is 6.18 Å². The van der Waals surface area contributed by atoms with Crippen LogP contribution < -0.4 is 5.73 Å². The first-order chi connectivity index (χ1) is 8.52. The van der Waals surface area contributed by atoms with Gasteiger partial charge in [-0.25, -0.2) is 0 Å². The van der Waals surface area contributed by atoms with Crippen LogP contribution in [0.1, 0.15) is 18.4 Å². The summed E-state index contributed by atoms with van der Waals surface area (Å²) in [6.45, 7) is 1.42. The molecular formula is C13H15F3N2. The maximum atomic E-state index is 12.6. The average molecular weight is 256 g/mol. The zero-order valence-corrected chi connectivity index (χ0v) is 9.87. The molecule has 2 N–H and O–H groups in total. The van der Waals surface area contributed by atoms with Gasteiger partial charge in [0, 0.05) is 23.6 Å². The minimum atomic E-state index is -4.28. The molecular weight excluding hydrogens is 241 g/mol. The summed E-state index contributed by atoms with van der Waals surface area (Å²) in [5, 5.41) is 0.623. The van der Waals surface area contributed by atoms with Gasteiger partial charge in [-0.2, -0.15) is 13.2 Å². The Hall–Kier alpha value is -1.49. The van der Waals surface area contributed by atoms with Crippen LogP contribution in [0.3, 0.4) is 0 Å². The number of aryl methyl sites for hydroxylation is 1. The molecule has 98 valence electrons. The van der Waals surface area contributed by atoms with E-state index >= 15 is 0 Å². The Kier molecular flexibility index (Phi) is 3.61. The van der Waals surface area contributed by atoms with E-state index in [2.05, 4.69) is 0 Å². The standard InChI is InChI=1S/C13H15F3N2/c14-13(15,16)11-3-4-12-10(9-11)5-8-18(12)7-2-1-6-17/h3-5,8-9H,1-2,6-7,17H2. The van der Waals surface area contributed by atoms with Crippen molar-refractivity contribution in [3.8, 4) is 0 Å². The number of aromatic nitrogens is 1. The fraction of sp³-hybridized carbons (Fsp3) is 0.385. The molecule has 2 nitrogen and oxygen atoms in total. The maximum absolute atomic E-state index is 12.6. The molecule has 1 aromatic carbocycles. The lowest BCUT2D eigenvalue weighted by atomic mass is 10.1. The molecule has 0 saturated heterocycles. The molecule has 1 heterocycles. The van der Waals surface area contributed by atoms with Crippen LogP contribution in [0.2, 0.25) is 0 Å². The van der Waals surface area contributed by atoms with E-state index in [1.54, 1.807) is 6.07 Å². The highest BCUT2D eigenvalue weighted by Gasteiger charge is 2.30. The van der Waals surface area contributed by atoms with E-state index in [0.717, 1.165) is 31.0 Å². The van der Waals surface area contributed by atoms with Crippen molar-refractivity contribution in [2.24, 2.45) is 5.73 Å². The predicted molar refractivity (Wildman–Crippen MR) is 65.2 cm³/mol. The monoisotopic (exact) mass is 256 g/mol. The molecule has 1 aromatic heterocycles. The van der Waals surface area contributed by atoms with Crippen molar-refractivity contribution in [3.63, 3.8) is 0 Å². The number of unbranched alkanes of at least 4 members (excludes halogenated alkanes) is 1. The van der Waals surface area contributed by atoms with Gasteiger partial charge in [-0.1, -0.05) is 0 Å². The first kappa shape index (κ1) is 13.0. The number of hydrogen-bond acceptors (Lipinski definition) is 1. The summed E-state index contributed by atoms with van der Waals surface area (Å²) in [5.41, 5.74) is 5.65. The van der Waals surface area contributed by atoms with E-state index < -0.39 is 11.7 Å². The van der Waals surface area contributed by atoms with E-state index in [1.807, 2.05) is 10.8 Å². The van der Waals surface area contributed by atoms with Crippen LogP contribution in [0.15, 0.2) is 30.5 Å². The van der Waals surface area contributed by atoms with Crippen molar-refractivity contribution in [1.29, 1.82) is 0 Å². The second-order valence-corrected chi connectivity index (χ2v) is 4.28. The summed E-state index contributed by atoms with van der Waals surface area (Å²) in [6.07, 6.45) is -0.612. The third-order valence-electron chi connectivity index (χ3n) is 2.95. The van der Waals surface area contributed by atoms with Gasteiger partial charge in [0.2, 0.25) is 0 Å². The van der Waals surface area contributed by atoms with Gasteiger partial charge in [0.15, 0.2) is 0 Å². The van der Waals surface area contributed by atoms with Crippen LogP contribution in [0.25, 0.3) is 10.9 Å². The molecule has 2 aromatic rings. The lowest BCUT2D eigenvalue weighted by Crippen LogP contribution is -2.05. The highest BCUT2D eigenvalue weighted by Crippen LogP contribution is 2.31. The molecule has 5 heteroatoms. The van der Waals surface area contributed by atoms with Gasteiger partial charge in [-0.05, 0) is 43.7 Å². The second-order valence-electron chi connectivity index (χ2n) is 4.28. The Morgan fingerprint density at radius 2 is 1.89 bits per heavy atom. The summed E-state index contributed by atoms with van der Waals surface area (Å²) in [4.78, 5) is 0. The van der Waals surface area contributed by atoms with Gasteiger partial charge in [-0.3, -0.25) is 0 Å². The lowest BCUT2D eigenvalue weighted by Gasteiger charge is -2.08. The first-order valence-corrected chi connectivity index (χ1v) is 5.88. The van der Waals surface area contributed by atoms with Crippen LogP contribution in [-0.2, 0) is 12.7 Å². The SMILES string of the molecule is NCCCCn1ccc2cc(C(F)(F)F)ccc21. The number of rotatable bonds is 4. The van der Waals surface area contributed by atoms with Crippen LogP contribution >= 0.6 is 0 Å². The minimum Gasteiger partial charge on any atom is -0.347 e. The van der Waals surface area contributed by atoms with Crippen LogP contribution in [0.5, 0.6) is 0 Å². The number of alkyl halides is 3. The molecule has 0 aliphatic rings. The van der Waals surface area contributed by atoms with Crippen LogP contribution in [-0.4, -0.2) is 11.1 Å². The number of nitrogens with two attached hydrogens (primary N) is 1. The summed E-state index contributed by atoms with van der Waals surface area (Å²) < 4.78 is 39.6. The zero-order valence-electron chi connectivity index (χ0n) is 9.87. The predicted octanol–water partition coefficient (Wildman–Crippen LogP) is 3.40. The summed E-state index contributed by atoms with van der Waals surface area (Å²) >= 11 is 0. The molecule has 0 fully saturated rings. The lowest BCUT2D eigenvalue weighted by molar-refractivity contribution is -0.137. The van der Waals surface area contributed by atoms with Crippen molar-refractivity contribution < 1.29 is 13.2 Å². The van der Waals surface area contributed by atoms with Gasteiger partial charge in [0.25, 0.3) is 0 Å². The normalized spacial score (nSPS) is 12.2. The molecule has 0 amide bonds. The fourth-order valence-corrected chi connectivity index (χ4v) is 2.00. The van der Waals surface area contributed by atoms with Crippen LogP contribution in [0.4, 0.5) is 13.2 Å². The minimum absolute atomic E-state index is 0.602. The molecule has 0 unspecified atom stereocenters. The van der Waals surface area contributed by atoms with E-state index in [4.69, 9.17) is 5.73 Å². The van der Waals surface area contributed by atoms with Gasteiger partial charge in [0.1, 0.15) is 0 Å². The molecule has 0 bridgehead atoms. The highest BCUT2D eigenvalue weighted by molar-refractivity contribution is 5.81. The van der Waals surface area contributed by atoms with E-state index in [9.17, 15) is 13.2 Å². The molecule has 0 spiro atoms. The highest BCUT2D eigenvalue weighted by atomic mass is 19.4. The Morgan fingerprint density at radius 3 is 2.56 bits per heavy atom. The fourth-order valence-electron chi connectivity index (χ4n) is 2.00. The maximum Gasteiger partial charge on any atom is 0.416 e. The Morgan fingerprint density at radius 1 is 1.11 bits per heavy atom. The van der Waals surface area contributed by atoms with Crippen LogP contribution in [0, 0.1) is 0 Å². The van der Waals surface area contributed by atoms with E-state index in [0.29, 0.717) is 11.9 Å². The summed E-state index contributed by atoms with van der Waals surface area (Å²) in [6, 6.07) is 5.56. The van der Waals surface area contributed by atoms with Gasteiger partial charge in [0.05, 0.1) is 5.56 Å². The molecule has 18 heavy (non-hydrogen) atoms. The molecule has 0 atom stereocenters. The summed E-state index contributed by atoms with van der Waals surface area (Å²) in [7, 11) is 0. The number of halogens is 3. The van der Waals surface area contributed by atoms with Crippen molar-refractivity contribution in [3.05, 3.63) is 36.0 Å². The third-order valence-corrected chi connectivity index (χ3v) is 2.95. The number of nitrogens with zero attached hydrogens (tertiary/aromatic N) is 1. The summed E-state index contributed by atoms with van der Waals surface area (Å²) in [5.74, 6) is 0. The molecule has 0 radical (unpaired) electrons. The third kappa shape index (κ3) is 2.67. The van der Waals surface area contributed by atoms with E-state index in [-0.39, 0.29) is 0 Å². The largest absolute Gasteiger partial charge is 0.416 e. The number of benzene rings is 1. The molecule has 2 rings (SSSR count). The molecule has 0 aliphatic heterocycles. The average Bonchev–Trinajstić information content (AvgIpc) is 2.71. The number of fused-ring (bicyclic) bond motifs is 1. The second kappa shape index (κ2) is 5.02. The topological polar surface area (TPSA) is 30.9 Å². The molecule has 0 aliphatic carbocycles. The van der Waals surface area contributed by atoms with Crippen molar-refractivity contribution in [2.75, 3.05) is 6.54 Å². The van der Waals surface area contributed by atoms with Gasteiger partial charge in [-0.15, -0.1) is 0 Å². The first-order valence-electron chi connectivity index (χ1n) is 5.88. The Balaban J connectivity index is 2.26. The smallest absolute Gasteiger partial charge is 0.347 e.